The molecule has 202 valence electrons. The third-order valence-electron chi connectivity index (χ3n) is 6.74. The maximum atomic E-state index is 13.7. The molecule has 0 aliphatic carbocycles. The van der Waals surface area contributed by atoms with E-state index in [0.29, 0.717) is 30.5 Å². The van der Waals surface area contributed by atoms with Gasteiger partial charge in [0.25, 0.3) is 11.8 Å². The molecule has 0 saturated carbocycles. The SMILES string of the molecule is CCCNC(=O)C(Cc1ccccc1)N(Cc1ccc(Br)cc1)C(=O)CCCN1C(=O)c2ccccc2C1=O. The molecule has 8 heteroatoms. The van der Waals surface area contributed by atoms with Crippen LogP contribution in [0.25, 0.3) is 0 Å². The molecule has 0 saturated heterocycles. The first-order valence-corrected chi connectivity index (χ1v) is 14.0. The lowest BCUT2D eigenvalue weighted by Crippen LogP contribution is -2.50. The molecular formula is C31H32BrN3O4. The van der Waals surface area contributed by atoms with E-state index < -0.39 is 6.04 Å². The number of carbonyl (C=O) groups excluding carboxylic acids is 4. The van der Waals surface area contributed by atoms with Gasteiger partial charge >= 0.3 is 0 Å². The van der Waals surface area contributed by atoms with Gasteiger partial charge in [0.05, 0.1) is 11.1 Å². The van der Waals surface area contributed by atoms with Crippen LogP contribution < -0.4 is 5.32 Å². The molecule has 0 radical (unpaired) electrons. The molecule has 0 aromatic heterocycles. The molecule has 0 spiro atoms. The zero-order chi connectivity index (χ0) is 27.8. The van der Waals surface area contributed by atoms with Crippen molar-refractivity contribution >= 4 is 39.6 Å². The Balaban J connectivity index is 1.53. The largest absolute Gasteiger partial charge is 0.354 e. The quantitative estimate of drug-likeness (QED) is 0.301. The number of rotatable bonds is 12. The summed E-state index contributed by atoms with van der Waals surface area (Å²) in [6, 6.07) is 23.3. The van der Waals surface area contributed by atoms with Crippen molar-refractivity contribution in [3.05, 3.63) is 106 Å². The molecule has 1 heterocycles. The van der Waals surface area contributed by atoms with Gasteiger partial charge in [-0.1, -0.05) is 77.5 Å². The molecule has 1 N–H and O–H groups in total. The van der Waals surface area contributed by atoms with Gasteiger partial charge in [0.2, 0.25) is 11.8 Å². The molecule has 7 nitrogen and oxygen atoms in total. The van der Waals surface area contributed by atoms with Crippen molar-refractivity contribution in [2.24, 2.45) is 0 Å². The average Bonchev–Trinajstić information content (AvgIpc) is 3.20. The zero-order valence-corrected chi connectivity index (χ0v) is 23.5. The Hall–Kier alpha value is -3.78. The molecule has 1 aliphatic rings. The van der Waals surface area contributed by atoms with Gasteiger partial charge in [-0.3, -0.25) is 24.1 Å². The number of nitrogens with one attached hydrogen (secondary N) is 1. The predicted molar refractivity (Wildman–Crippen MR) is 153 cm³/mol. The number of halogens is 1. The van der Waals surface area contributed by atoms with E-state index in [0.717, 1.165) is 22.0 Å². The summed E-state index contributed by atoms with van der Waals surface area (Å²) in [4.78, 5) is 55.4. The van der Waals surface area contributed by atoms with E-state index >= 15 is 0 Å². The fraction of sp³-hybridized carbons (Fsp3) is 0.290. The second-order valence-electron chi connectivity index (χ2n) is 9.56. The maximum absolute atomic E-state index is 13.7. The van der Waals surface area contributed by atoms with Gasteiger partial charge in [-0.2, -0.15) is 0 Å². The van der Waals surface area contributed by atoms with Crippen LogP contribution in [0, 0.1) is 0 Å². The van der Waals surface area contributed by atoms with Crippen LogP contribution >= 0.6 is 15.9 Å². The number of hydrogen-bond donors (Lipinski definition) is 1. The fourth-order valence-electron chi connectivity index (χ4n) is 4.68. The number of hydrogen-bond acceptors (Lipinski definition) is 4. The summed E-state index contributed by atoms with van der Waals surface area (Å²) >= 11 is 3.45. The Morgan fingerprint density at radius 2 is 1.49 bits per heavy atom. The van der Waals surface area contributed by atoms with E-state index in [9.17, 15) is 19.2 Å². The van der Waals surface area contributed by atoms with Gasteiger partial charge in [-0.05, 0) is 48.2 Å². The highest BCUT2D eigenvalue weighted by atomic mass is 79.9. The first-order valence-electron chi connectivity index (χ1n) is 13.2. The summed E-state index contributed by atoms with van der Waals surface area (Å²) in [6.45, 7) is 2.90. The van der Waals surface area contributed by atoms with Crippen molar-refractivity contribution in [2.45, 2.75) is 45.2 Å². The van der Waals surface area contributed by atoms with Gasteiger partial charge in [0, 0.05) is 36.9 Å². The lowest BCUT2D eigenvalue weighted by atomic mass is 10.0. The van der Waals surface area contributed by atoms with E-state index in [2.05, 4.69) is 21.2 Å². The predicted octanol–water partition coefficient (Wildman–Crippen LogP) is 4.99. The van der Waals surface area contributed by atoms with Crippen molar-refractivity contribution in [1.29, 1.82) is 0 Å². The average molecular weight is 591 g/mol. The molecule has 1 atom stereocenters. The molecule has 4 amide bonds. The lowest BCUT2D eigenvalue weighted by Gasteiger charge is -2.32. The van der Waals surface area contributed by atoms with Crippen LogP contribution in [-0.4, -0.2) is 52.6 Å². The summed E-state index contributed by atoms with van der Waals surface area (Å²) in [5.41, 5.74) is 2.63. The maximum Gasteiger partial charge on any atom is 0.261 e. The van der Waals surface area contributed by atoms with Crippen molar-refractivity contribution < 1.29 is 19.2 Å². The van der Waals surface area contributed by atoms with E-state index in [1.54, 1.807) is 29.2 Å². The van der Waals surface area contributed by atoms with Crippen LogP contribution in [0.3, 0.4) is 0 Å². The number of carbonyl (C=O) groups is 4. The Morgan fingerprint density at radius 3 is 2.10 bits per heavy atom. The van der Waals surface area contributed by atoms with Gasteiger partial charge < -0.3 is 10.2 Å². The molecule has 1 aliphatic heterocycles. The molecular weight excluding hydrogens is 558 g/mol. The molecule has 4 rings (SSSR count). The van der Waals surface area contributed by atoms with Gasteiger partial charge in [0.15, 0.2) is 0 Å². The van der Waals surface area contributed by atoms with Crippen molar-refractivity contribution in [3.8, 4) is 0 Å². The first kappa shape index (κ1) is 28.2. The Labute approximate surface area is 237 Å². The minimum Gasteiger partial charge on any atom is -0.354 e. The Bertz CT molecular complexity index is 1290. The van der Waals surface area contributed by atoms with Crippen LogP contribution in [0.2, 0.25) is 0 Å². The summed E-state index contributed by atoms with van der Waals surface area (Å²) in [5.74, 6) is -1.08. The minimum absolute atomic E-state index is 0.0935. The monoisotopic (exact) mass is 589 g/mol. The molecule has 0 bridgehead atoms. The van der Waals surface area contributed by atoms with Crippen LogP contribution in [0.1, 0.15) is 58.0 Å². The highest BCUT2D eigenvalue weighted by Gasteiger charge is 2.35. The third-order valence-corrected chi connectivity index (χ3v) is 7.27. The number of imide groups is 1. The van der Waals surface area contributed by atoms with E-state index in [1.807, 2.05) is 61.5 Å². The molecule has 0 fully saturated rings. The van der Waals surface area contributed by atoms with Gasteiger partial charge in [-0.15, -0.1) is 0 Å². The summed E-state index contributed by atoms with van der Waals surface area (Å²) in [7, 11) is 0. The zero-order valence-electron chi connectivity index (χ0n) is 21.9. The van der Waals surface area contributed by atoms with Gasteiger partial charge in [-0.25, -0.2) is 0 Å². The van der Waals surface area contributed by atoms with Gasteiger partial charge in [0.1, 0.15) is 6.04 Å². The van der Waals surface area contributed by atoms with Crippen molar-refractivity contribution in [2.75, 3.05) is 13.1 Å². The lowest BCUT2D eigenvalue weighted by molar-refractivity contribution is -0.141. The van der Waals surface area contributed by atoms with E-state index in [-0.39, 0.29) is 43.1 Å². The number of amides is 4. The second-order valence-corrected chi connectivity index (χ2v) is 10.5. The topological polar surface area (TPSA) is 86.8 Å². The Morgan fingerprint density at radius 1 is 0.872 bits per heavy atom. The standard InChI is InChI=1S/C31H32BrN3O4/c1-2-18-33-29(37)27(20-22-9-4-3-5-10-22)35(21-23-14-16-24(32)17-15-23)28(36)13-8-19-34-30(38)25-11-6-7-12-26(25)31(34)39/h3-7,9-12,14-17,27H,2,8,13,18-21H2,1H3,(H,33,37). The molecule has 1 unspecified atom stereocenters. The molecule has 3 aromatic carbocycles. The van der Waals surface area contributed by atoms with E-state index in [4.69, 9.17) is 0 Å². The summed E-state index contributed by atoms with van der Waals surface area (Å²) in [6.07, 6.45) is 1.55. The van der Waals surface area contributed by atoms with Crippen LogP contribution in [0.15, 0.2) is 83.3 Å². The molecule has 3 aromatic rings. The fourth-order valence-corrected chi connectivity index (χ4v) is 4.95. The Kier molecular flexibility index (Phi) is 9.65. The highest BCUT2D eigenvalue weighted by Crippen LogP contribution is 2.23. The van der Waals surface area contributed by atoms with Crippen LogP contribution in [0.5, 0.6) is 0 Å². The van der Waals surface area contributed by atoms with Crippen LogP contribution in [-0.2, 0) is 22.6 Å². The van der Waals surface area contributed by atoms with Crippen LogP contribution in [0.4, 0.5) is 0 Å². The van der Waals surface area contributed by atoms with Crippen molar-refractivity contribution in [1.82, 2.24) is 15.1 Å². The highest BCUT2D eigenvalue weighted by molar-refractivity contribution is 9.10. The normalized spacial score (nSPS) is 13.2. The number of benzene rings is 3. The number of nitrogens with zero attached hydrogens (tertiary/aromatic N) is 2. The molecule has 39 heavy (non-hydrogen) atoms. The minimum atomic E-state index is -0.714. The second kappa shape index (κ2) is 13.3. The van der Waals surface area contributed by atoms with Crippen molar-refractivity contribution in [3.63, 3.8) is 0 Å². The first-order chi connectivity index (χ1) is 18.9. The van der Waals surface area contributed by atoms with E-state index in [1.165, 1.54) is 4.90 Å². The smallest absolute Gasteiger partial charge is 0.261 e. The summed E-state index contributed by atoms with van der Waals surface area (Å²) in [5, 5.41) is 2.97. The third kappa shape index (κ3) is 7.00. The number of fused-ring (bicyclic) bond motifs is 1. The summed E-state index contributed by atoms with van der Waals surface area (Å²) < 4.78 is 0.923.